The molecule has 3 aromatic rings. The molecule has 3 rings (SSSR count). The second-order valence-electron chi connectivity index (χ2n) is 5.38. The molecule has 0 atom stereocenters. The maximum Gasteiger partial charge on any atom is 0.336 e. The van der Waals surface area contributed by atoms with E-state index in [2.05, 4.69) is 18.2 Å². The maximum absolute atomic E-state index is 12.0. The van der Waals surface area contributed by atoms with Crippen molar-refractivity contribution >= 4 is 23.8 Å². The van der Waals surface area contributed by atoms with Crippen LogP contribution in [0.5, 0.6) is 5.75 Å². The minimum Gasteiger partial charge on any atom is -0.423 e. The molecule has 0 N–H and O–H groups in total. The average Bonchev–Trinajstić information content (AvgIpc) is 2.67. The molecule has 25 heavy (non-hydrogen) atoms. The molecule has 3 heteroatoms. The Morgan fingerprint density at radius 3 is 2.24 bits per heavy atom. The van der Waals surface area contributed by atoms with E-state index in [9.17, 15) is 4.79 Å². The van der Waals surface area contributed by atoms with Gasteiger partial charge in [0.25, 0.3) is 0 Å². The lowest BCUT2D eigenvalue weighted by Crippen LogP contribution is -2.03. The summed E-state index contributed by atoms with van der Waals surface area (Å²) in [5.41, 5.74) is 2.28. The van der Waals surface area contributed by atoms with E-state index in [0.29, 0.717) is 5.75 Å². The monoisotopic (exact) mass is 346 g/mol. The van der Waals surface area contributed by atoms with E-state index < -0.39 is 0 Å². The van der Waals surface area contributed by atoms with Crippen LogP contribution in [0.25, 0.3) is 6.08 Å². The lowest BCUT2D eigenvalue weighted by Gasteiger charge is -2.06. The Morgan fingerprint density at radius 2 is 1.48 bits per heavy atom. The van der Waals surface area contributed by atoms with E-state index in [-0.39, 0.29) is 5.97 Å². The van der Waals surface area contributed by atoms with Crippen molar-refractivity contribution in [2.45, 2.75) is 10.6 Å². The van der Waals surface area contributed by atoms with Crippen molar-refractivity contribution in [1.82, 2.24) is 0 Å². The summed E-state index contributed by atoms with van der Waals surface area (Å²) in [5.74, 6) is 1.05. The van der Waals surface area contributed by atoms with Gasteiger partial charge >= 0.3 is 5.97 Å². The van der Waals surface area contributed by atoms with Gasteiger partial charge in [-0.15, -0.1) is 11.8 Å². The van der Waals surface area contributed by atoms with E-state index >= 15 is 0 Å². The van der Waals surface area contributed by atoms with Gasteiger partial charge < -0.3 is 4.74 Å². The van der Waals surface area contributed by atoms with Gasteiger partial charge in [0.2, 0.25) is 0 Å². The van der Waals surface area contributed by atoms with E-state index in [1.54, 1.807) is 30.0 Å². The summed E-state index contributed by atoms with van der Waals surface area (Å²) in [6.45, 7) is 0. The van der Waals surface area contributed by atoms with Crippen LogP contribution in [0.4, 0.5) is 0 Å². The maximum atomic E-state index is 12.0. The van der Waals surface area contributed by atoms with Gasteiger partial charge in [-0.05, 0) is 35.4 Å². The van der Waals surface area contributed by atoms with E-state index in [1.165, 1.54) is 11.6 Å². The third kappa shape index (κ3) is 5.37. The Balaban J connectivity index is 1.65. The summed E-state index contributed by atoms with van der Waals surface area (Å²) in [6, 6.07) is 27.4. The molecule has 0 radical (unpaired) electrons. The zero-order chi connectivity index (χ0) is 17.3. The number of hydrogen-bond acceptors (Lipinski definition) is 3. The summed E-state index contributed by atoms with van der Waals surface area (Å²) >= 11 is 1.75. The highest BCUT2D eigenvalue weighted by atomic mass is 32.2. The van der Waals surface area contributed by atoms with Crippen molar-refractivity contribution in [2.24, 2.45) is 0 Å². The Bertz CT molecular complexity index is 842. The van der Waals surface area contributed by atoms with Gasteiger partial charge in [-0.2, -0.15) is 0 Å². The van der Waals surface area contributed by atoms with Crippen LogP contribution in [0, 0.1) is 0 Å². The fourth-order valence-corrected chi connectivity index (χ4v) is 3.27. The molecule has 0 heterocycles. The molecular weight excluding hydrogens is 328 g/mol. The normalized spacial score (nSPS) is 10.7. The molecule has 0 saturated heterocycles. The fourth-order valence-electron chi connectivity index (χ4n) is 2.28. The summed E-state index contributed by atoms with van der Waals surface area (Å²) in [7, 11) is 0. The van der Waals surface area contributed by atoms with Crippen LogP contribution in [0.15, 0.2) is 95.9 Å². The molecule has 0 aliphatic carbocycles. The highest BCUT2D eigenvalue weighted by Gasteiger charge is 2.03. The molecule has 0 aliphatic rings. The van der Waals surface area contributed by atoms with Gasteiger partial charge in [0.15, 0.2) is 0 Å². The average molecular weight is 346 g/mol. The minimum absolute atomic E-state index is 0.380. The number of carbonyl (C=O) groups excluding carboxylic acids is 1. The summed E-state index contributed by atoms with van der Waals surface area (Å²) in [5, 5.41) is 0. The number of carbonyl (C=O) groups is 1. The van der Waals surface area contributed by atoms with Crippen molar-refractivity contribution in [3.8, 4) is 5.75 Å². The molecule has 3 aromatic carbocycles. The van der Waals surface area contributed by atoms with E-state index in [0.717, 1.165) is 16.2 Å². The molecule has 0 amide bonds. The van der Waals surface area contributed by atoms with Crippen LogP contribution < -0.4 is 4.74 Å². The molecule has 0 fully saturated rings. The van der Waals surface area contributed by atoms with Gasteiger partial charge in [0.1, 0.15) is 5.75 Å². The van der Waals surface area contributed by atoms with Crippen LogP contribution in [0.1, 0.15) is 11.1 Å². The van der Waals surface area contributed by atoms with E-state index in [1.807, 2.05) is 54.6 Å². The predicted octanol–water partition coefficient (Wildman–Crippen LogP) is 5.60. The number of ether oxygens (including phenoxy) is 1. The van der Waals surface area contributed by atoms with Crippen LogP contribution in [-0.2, 0) is 10.5 Å². The largest absolute Gasteiger partial charge is 0.423 e. The van der Waals surface area contributed by atoms with E-state index in [4.69, 9.17) is 4.74 Å². The first-order valence-corrected chi connectivity index (χ1v) is 9.00. The Morgan fingerprint density at radius 1 is 0.840 bits per heavy atom. The first-order chi connectivity index (χ1) is 12.3. The van der Waals surface area contributed by atoms with Crippen molar-refractivity contribution in [2.75, 3.05) is 0 Å². The lowest BCUT2D eigenvalue weighted by atomic mass is 10.2. The number of rotatable bonds is 6. The quantitative estimate of drug-likeness (QED) is 0.252. The van der Waals surface area contributed by atoms with Gasteiger partial charge in [-0.25, -0.2) is 4.79 Å². The molecule has 0 bridgehead atoms. The van der Waals surface area contributed by atoms with Crippen molar-refractivity contribution in [3.63, 3.8) is 0 Å². The Labute approximate surface area is 152 Å². The Hall–Kier alpha value is -2.78. The smallest absolute Gasteiger partial charge is 0.336 e. The highest BCUT2D eigenvalue weighted by Crippen LogP contribution is 2.27. The van der Waals surface area contributed by atoms with Crippen LogP contribution in [-0.4, -0.2) is 5.97 Å². The number of hydrogen-bond donors (Lipinski definition) is 0. The summed E-state index contributed by atoms with van der Waals surface area (Å²) < 4.78 is 5.27. The first kappa shape index (κ1) is 17.1. The molecule has 0 unspecified atom stereocenters. The second-order valence-corrected chi connectivity index (χ2v) is 6.40. The third-order valence-electron chi connectivity index (χ3n) is 3.52. The predicted molar refractivity (Wildman–Crippen MR) is 104 cm³/mol. The fraction of sp³-hybridized carbons (Fsp3) is 0.0455. The minimum atomic E-state index is -0.380. The molecule has 0 saturated carbocycles. The third-order valence-corrected chi connectivity index (χ3v) is 4.68. The SMILES string of the molecule is O=C(C=Cc1ccccc1SCc1ccccc1)Oc1ccccc1. The zero-order valence-electron chi connectivity index (χ0n) is 13.7. The van der Waals surface area contributed by atoms with Crippen LogP contribution in [0.3, 0.4) is 0 Å². The summed E-state index contributed by atoms with van der Waals surface area (Å²) in [6.07, 6.45) is 3.27. The molecule has 0 aliphatic heterocycles. The highest BCUT2D eigenvalue weighted by molar-refractivity contribution is 7.98. The standard InChI is InChI=1S/C22H18O2S/c23-22(24-20-12-5-2-6-13-20)16-15-19-11-7-8-14-21(19)25-17-18-9-3-1-4-10-18/h1-16H,17H2. The van der Waals surface area contributed by atoms with Crippen molar-refractivity contribution < 1.29 is 9.53 Å². The van der Waals surface area contributed by atoms with Gasteiger partial charge in [0.05, 0.1) is 0 Å². The molecule has 0 spiro atoms. The molecule has 2 nitrogen and oxygen atoms in total. The van der Waals surface area contributed by atoms with Crippen LogP contribution >= 0.6 is 11.8 Å². The number of thioether (sulfide) groups is 1. The number of esters is 1. The van der Waals surface area contributed by atoms with Gasteiger partial charge in [0, 0.05) is 16.7 Å². The number of para-hydroxylation sites is 1. The first-order valence-electron chi connectivity index (χ1n) is 8.02. The Kier molecular flexibility index (Phi) is 6.07. The van der Waals surface area contributed by atoms with Crippen molar-refractivity contribution in [3.05, 3.63) is 102 Å². The number of benzene rings is 3. The van der Waals surface area contributed by atoms with Crippen LogP contribution in [0.2, 0.25) is 0 Å². The van der Waals surface area contributed by atoms with Gasteiger partial charge in [-0.1, -0.05) is 66.7 Å². The molecular formula is C22H18O2S. The van der Waals surface area contributed by atoms with Gasteiger partial charge in [-0.3, -0.25) is 0 Å². The zero-order valence-corrected chi connectivity index (χ0v) is 14.5. The second kappa shape index (κ2) is 8.90. The molecule has 124 valence electrons. The van der Waals surface area contributed by atoms with Crippen molar-refractivity contribution in [1.29, 1.82) is 0 Å². The molecule has 0 aromatic heterocycles. The summed E-state index contributed by atoms with van der Waals surface area (Å²) in [4.78, 5) is 13.1. The topological polar surface area (TPSA) is 26.3 Å². The lowest BCUT2D eigenvalue weighted by molar-refractivity contribution is -0.128.